The number of hydrogen-bond acceptors (Lipinski definition) is 2. The summed E-state index contributed by atoms with van der Waals surface area (Å²) in [4.78, 5) is 11.8. The van der Waals surface area contributed by atoms with Gasteiger partial charge in [0, 0.05) is 19.3 Å². The minimum atomic E-state index is -0.261. The van der Waals surface area contributed by atoms with Crippen LogP contribution in [0.3, 0.4) is 0 Å². The molecule has 0 saturated carbocycles. The van der Waals surface area contributed by atoms with Crippen LogP contribution in [0.4, 0.5) is 9.18 Å². The molecule has 6 heteroatoms. The quantitative estimate of drug-likeness (QED) is 0.686. The van der Waals surface area contributed by atoms with Crippen molar-refractivity contribution in [2.45, 2.75) is 12.8 Å². The molecule has 0 aliphatic carbocycles. The lowest BCUT2D eigenvalue weighted by Crippen LogP contribution is -2.37. The third-order valence-corrected chi connectivity index (χ3v) is 3.94. The lowest BCUT2D eigenvalue weighted by Gasteiger charge is -2.07. The Morgan fingerprint density at radius 2 is 1.69 bits per heavy atom. The fourth-order valence-corrected chi connectivity index (χ4v) is 2.61. The molecule has 0 spiro atoms. The Hall–Kier alpha value is -3.15. The van der Waals surface area contributed by atoms with Crippen LogP contribution in [-0.4, -0.2) is 28.9 Å². The van der Waals surface area contributed by atoms with Crippen molar-refractivity contribution in [2.24, 2.45) is 0 Å². The zero-order valence-electron chi connectivity index (χ0n) is 14.4. The first-order valence-corrected chi connectivity index (χ1v) is 8.56. The van der Waals surface area contributed by atoms with Gasteiger partial charge in [-0.15, -0.1) is 0 Å². The van der Waals surface area contributed by atoms with E-state index in [0.717, 1.165) is 16.8 Å². The Bertz CT molecular complexity index is 848. The first-order valence-electron chi connectivity index (χ1n) is 8.56. The fourth-order valence-electron chi connectivity index (χ4n) is 2.61. The highest BCUT2D eigenvalue weighted by molar-refractivity contribution is 5.73. The van der Waals surface area contributed by atoms with Crippen LogP contribution in [0, 0.1) is 5.82 Å². The third kappa shape index (κ3) is 5.17. The average Bonchev–Trinajstić information content (AvgIpc) is 3.11. The summed E-state index contributed by atoms with van der Waals surface area (Å²) in [5.41, 5.74) is 2.91. The highest BCUT2D eigenvalue weighted by Crippen LogP contribution is 2.07. The third-order valence-electron chi connectivity index (χ3n) is 3.94. The summed E-state index contributed by atoms with van der Waals surface area (Å²) in [6, 6.07) is 16.0. The normalized spacial score (nSPS) is 10.5. The molecule has 2 amide bonds. The molecular weight excluding hydrogens is 331 g/mol. The van der Waals surface area contributed by atoms with E-state index in [0.29, 0.717) is 25.9 Å². The zero-order chi connectivity index (χ0) is 18.2. The van der Waals surface area contributed by atoms with Gasteiger partial charge in [0.15, 0.2) is 0 Å². The van der Waals surface area contributed by atoms with Crippen molar-refractivity contribution < 1.29 is 9.18 Å². The Labute approximate surface area is 151 Å². The maximum Gasteiger partial charge on any atom is 0.314 e. The topological polar surface area (TPSA) is 59.0 Å². The van der Waals surface area contributed by atoms with Crippen molar-refractivity contribution in [2.75, 3.05) is 13.1 Å². The minimum absolute atomic E-state index is 0.225. The Balaban J connectivity index is 1.37. The van der Waals surface area contributed by atoms with Gasteiger partial charge in [-0.05, 0) is 48.2 Å². The second-order valence-electron chi connectivity index (χ2n) is 5.94. The van der Waals surface area contributed by atoms with Gasteiger partial charge in [0.25, 0.3) is 0 Å². The predicted octanol–water partition coefficient (Wildman–Crippen LogP) is 3.10. The van der Waals surface area contributed by atoms with Gasteiger partial charge >= 0.3 is 6.03 Å². The standard InChI is InChI=1S/C20H21FN4O/c21-18-6-4-5-16(13-18)9-11-22-20(26)23-12-10-17-14-24-25(15-17)19-7-2-1-3-8-19/h1-8,13-15H,9-12H2,(H2,22,23,26). The number of rotatable bonds is 7. The first-order chi connectivity index (χ1) is 12.7. The summed E-state index contributed by atoms with van der Waals surface area (Å²) >= 11 is 0. The predicted molar refractivity (Wildman–Crippen MR) is 98.8 cm³/mol. The van der Waals surface area contributed by atoms with Gasteiger partial charge < -0.3 is 10.6 Å². The Kier molecular flexibility index (Phi) is 5.98. The van der Waals surface area contributed by atoms with E-state index in [1.165, 1.54) is 12.1 Å². The molecule has 0 unspecified atom stereocenters. The van der Waals surface area contributed by atoms with Crippen LogP contribution in [-0.2, 0) is 12.8 Å². The van der Waals surface area contributed by atoms with Crippen LogP contribution in [0.2, 0.25) is 0 Å². The maximum absolute atomic E-state index is 13.1. The maximum atomic E-state index is 13.1. The van der Waals surface area contributed by atoms with Gasteiger partial charge in [-0.3, -0.25) is 0 Å². The molecule has 3 rings (SSSR count). The van der Waals surface area contributed by atoms with E-state index in [4.69, 9.17) is 0 Å². The summed E-state index contributed by atoms with van der Waals surface area (Å²) in [6.45, 7) is 0.980. The number of amides is 2. The number of benzene rings is 2. The molecule has 26 heavy (non-hydrogen) atoms. The van der Waals surface area contributed by atoms with E-state index in [-0.39, 0.29) is 11.8 Å². The van der Waals surface area contributed by atoms with Gasteiger partial charge in [0.05, 0.1) is 11.9 Å². The number of hydrogen-bond donors (Lipinski definition) is 2. The average molecular weight is 352 g/mol. The first kappa shape index (κ1) is 17.7. The second kappa shape index (κ2) is 8.80. The number of para-hydroxylation sites is 1. The molecule has 2 N–H and O–H groups in total. The van der Waals surface area contributed by atoms with Crippen LogP contribution in [0.1, 0.15) is 11.1 Å². The molecule has 0 atom stereocenters. The molecule has 1 heterocycles. The highest BCUT2D eigenvalue weighted by atomic mass is 19.1. The smallest absolute Gasteiger partial charge is 0.314 e. The molecular formula is C20H21FN4O. The molecule has 134 valence electrons. The number of aromatic nitrogens is 2. The van der Waals surface area contributed by atoms with Crippen LogP contribution >= 0.6 is 0 Å². The number of carbonyl (C=O) groups is 1. The van der Waals surface area contributed by atoms with Crippen molar-refractivity contribution in [3.63, 3.8) is 0 Å². The number of carbonyl (C=O) groups excluding carboxylic acids is 1. The summed E-state index contributed by atoms with van der Waals surface area (Å²) in [6.07, 6.45) is 5.05. The van der Waals surface area contributed by atoms with E-state index in [9.17, 15) is 9.18 Å². The molecule has 0 fully saturated rings. The van der Waals surface area contributed by atoms with Crippen LogP contribution in [0.15, 0.2) is 67.0 Å². The van der Waals surface area contributed by atoms with Gasteiger partial charge in [0.1, 0.15) is 5.82 Å². The zero-order valence-corrected chi connectivity index (χ0v) is 14.4. The number of nitrogens with one attached hydrogen (secondary N) is 2. The molecule has 0 bridgehead atoms. The van der Waals surface area contributed by atoms with E-state index < -0.39 is 0 Å². The molecule has 5 nitrogen and oxygen atoms in total. The fraction of sp³-hybridized carbons (Fsp3) is 0.200. The molecule has 3 aromatic rings. The van der Waals surface area contributed by atoms with Crippen molar-refractivity contribution in [3.8, 4) is 5.69 Å². The largest absolute Gasteiger partial charge is 0.338 e. The molecule has 0 radical (unpaired) electrons. The SMILES string of the molecule is O=C(NCCc1cccc(F)c1)NCCc1cnn(-c2ccccc2)c1. The monoisotopic (exact) mass is 352 g/mol. The van der Waals surface area contributed by atoms with Gasteiger partial charge in [-0.2, -0.15) is 5.10 Å². The molecule has 0 aliphatic heterocycles. The van der Waals surface area contributed by atoms with Gasteiger partial charge in [0.2, 0.25) is 0 Å². The number of urea groups is 1. The van der Waals surface area contributed by atoms with Crippen molar-refractivity contribution in [1.82, 2.24) is 20.4 Å². The van der Waals surface area contributed by atoms with Crippen molar-refractivity contribution in [1.29, 1.82) is 0 Å². The summed E-state index contributed by atoms with van der Waals surface area (Å²) < 4.78 is 14.9. The van der Waals surface area contributed by atoms with Crippen molar-refractivity contribution >= 4 is 6.03 Å². The summed E-state index contributed by atoms with van der Waals surface area (Å²) in [7, 11) is 0. The van der Waals surface area contributed by atoms with E-state index in [2.05, 4.69) is 15.7 Å². The Morgan fingerprint density at radius 3 is 2.42 bits per heavy atom. The lowest BCUT2D eigenvalue weighted by molar-refractivity contribution is 0.241. The van der Waals surface area contributed by atoms with E-state index in [1.807, 2.05) is 47.3 Å². The number of nitrogens with zero attached hydrogens (tertiary/aromatic N) is 2. The molecule has 1 aromatic heterocycles. The molecule has 2 aromatic carbocycles. The number of halogens is 1. The van der Waals surface area contributed by atoms with Gasteiger partial charge in [-0.1, -0.05) is 30.3 Å². The second-order valence-corrected chi connectivity index (χ2v) is 5.94. The molecule has 0 saturated heterocycles. The van der Waals surface area contributed by atoms with Crippen molar-refractivity contribution in [3.05, 3.63) is 83.9 Å². The van der Waals surface area contributed by atoms with Gasteiger partial charge in [-0.25, -0.2) is 13.9 Å². The highest BCUT2D eigenvalue weighted by Gasteiger charge is 2.03. The van der Waals surface area contributed by atoms with E-state index >= 15 is 0 Å². The minimum Gasteiger partial charge on any atom is -0.338 e. The van der Waals surface area contributed by atoms with Crippen LogP contribution in [0.5, 0.6) is 0 Å². The lowest BCUT2D eigenvalue weighted by atomic mass is 10.1. The van der Waals surface area contributed by atoms with E-state index in [1.54, 1.807) is 12.3 Å². The Morgan fingerprint density at radius 1 is 0.962 bits per heavy atom. The summed E-state index contributed by atoms with van der Waals surface area (Å²) in [5.74, 6) is -0.261. The summed E-state index contributed by atoms with van der Waals surface area (Å²) in [5, 5.41) is 9.92. The molecule has 0 aliphatic rings. The van der Waals surface area contributed by atoms with Crippen LogP contribution < -0.4 is 10.6 Å². The van der Waals surface area contributed by atoms with Crippen LogP contribution in [0.25, 0.3) is 5.69 Å².